The standard InChI is InChI=1S/C13H22N2O4S/c1-10(14-7-8-15-20(4,16)17)11-5-6-12(18-2)13(9-11)19-3/h5-6,9-10,14-15H,7-8H2,1-4H3. The number of benzene rings is 1. The molecule has 0 aromatic heterocycles. The fourth-order valence-electron chi connectivity index (χ4n) is 1.77. The molecule has 0 aliphatic carbocycles. The Bertz CT molecular complexity index is 531. The lowest BCUT2D eigenvalue weighted by Gasteiger charge is -2.16. The molecule has 0 fully saturated rings. The average Bonchev–Trinajstić information content (AvgIpc) is 2.41. The summed E-state index contributed by atoms with van der Waals surface area (Å²) in [6, 6.07) is 5.78. The first kappa shape index (κ1) is 16.7. The van der Waals surface area contributed by atoms with Crippen LogP contribution in [0.15, 0.2) is 18.2 Å². The van der Waals surface area contributed by atoms with Gasteiger partial charge < -0.3 is 14.8 Å². The molecule has 114 valence electrons. The number of rotatable bonds is 8. The lowest BCUT2D eigenvalue weighted by atomic mass is 10.1. The van der Waals surface area contributed by atoms with Gasteiger partial charge in [0.15, 0.2) is 11.5 Å². The van der Waals surface area contributed by atoms with Crippen LogP contribution in [0.5, 0.6) is 11.5 Å². The van der Waals surface area contributed by atoms with Crippen molar-refractivity contribution in [3.63, 3.8) is 0 Å². The second-order valence-electron chi connectivity index (χ2n) is 4.46. The van der Waals surface area contributed by atoms with E-state index in [1.54, 1.807) is 14.2 Å². The lowest BCUT2D eigenvalue weighted by molar-refractivity contribution is 0.354. The van der Waals surface area contributed by atoms with Crippen LogP contribution < -0.4 is 19.5 Å². The Labute approximate surface area is 120 Å². The first-order chi connectivity index (χ1) is 9.37. The Morgan fingerprint density at radius 2 is 1.80 bits per heavy atom. The molecular formula is C13H22N2O4S. The van der Waals surface area contributed by atoms with Gasteiger partial charge in [0, 0.05) is 19.1 Å². The third-order valence-electron chi connectivity index (χ3n) is 2.85. The zero-order valence-electron chi connectivity index (χ0n) is 12.3. The van der Waals surface area contributed by atoms with Crippen molar-refractivity contribution in [2.45, 2.75) is 13.0 Å². The summed E-state index contributed by atoms with van der Waals surface area (Å²) in [4.78, 5) is 0. The summed E-state index contributed by atoms with van der Waals surface area (Å²) in [5.41, 5.74) is 1.04. The minimum absolute atomic E-state index is 0.0798. The van der Waals surface area contributed by atoms with E-state index in [4.69, 9.17) is 9.47 Å². The highest BCUT2D eigenvalue weighted by Gasteiger charge is 2.09. The van der Waals surface area contributed by atoms with E-state index < -0.39 is 10.0 Å². The van der Waals surface area contributed by atoms with Crippen LogP contribution >= 0.6 is 0 Å². The summed E-state index contributed by atoms with van der Waals surface area (Å²) in [7, 11) is 0.0534. The maximum absolute atomic E-state index is 10.9. The second-order valence-corrected chi connectivity index (χ2v) is 6.29. The van der Waals surface area contributed by atoms with E-state index in [1.807, 2.05) is 25.1 Å². The van der Waals surface area contributed by atoms with Gasteiger partial charge in [0.05, 0.1) is 20.5 Å². The third kappa shape index (κ3) is 5.36. The molecule has 1 atom stereocenters. The molecule has 0 radical (unpaired) electrons. The number of hydrogen-bond donors (Lipinski definition) is 2. The molecule has 0 heterocycles. The summed E-state index contributed by atoms with van der Waals surface area (Å²) < 4.78 is 34.7. The molecule has 0 aliphatic heterocycles. The Morgan fingerprint density at radius 1 is 1.15 bits per heavy atom. The van der Waals surface area contributed by atoms with Crippen LogP contribution in [0.1, 0.15) is 18.5 Å². The minimum atomic E-state index is -3.13. The van der Waals surface area contributed by atoms with Crippen molar-refractivity contribution >= 4 is 10.0 Å². The Balaban J connectivity index is 2.57. The van der Waals surface area contributed by atoms with Crippen molar-refractivity contribution in [2.24, 2.45) is 0 Å². The molecule has 0 saturated heterocycles. The number of methoxy groups -OCH3 is 2. The first-order valence-electron chi connectivity index (χ1n) is 6.27. The number of ether oxygens (including phenoxy) is 2. The molecule has 2 N–H and O–H groups in total. The number of nitrogens with one attached hydrogen (secondary N) is 2. The van der Waals surface area contributed by atoms with Gasteiger partial charge in [-0.1, -0.05) is 6.07 Å². The second kappa shape index (κ2) is 7.47. The summed E-state index contributed by atoms with van der Waals surface area (Å²) in [6.07, 6.45) is 1.14. The van der Waals surface area contributed by atoms with E-state index in [0.29, 0.717) is 24.6 Å². The number of sulfonamides is 1. The molecule has 1 aromatic rings. The maximum atomic E-state index is 10.9. The van der Waals surface area contributed by atoms with Crippen molar-refractivity contribution in [3.05, 3.63) is 23.8 Å². The van der Waals surface area contributed by atoms with Gasteiger partial charge in [-0.25, -0.2) is 13.1 Å². The highest BCUT2D eigenvalue weighted by atomic mass is 32.2. The molecule has 0 saturated carbocycles. The van der Waals surface area contributed by atoms with Crippen molar-refractivity contribution in [1.82, 2.24) is 10.0 Å². The van der Waals surface area contributed by atoms with Gasteiger partial charge in [0.1, 0.15) is 0 Å². The van der Waals surface area contributed by atoms with E-state index in [2.05, 4.69) is 10.0 Å². The molecule has 0 amide bonds. The van der Waals surface area contributed by atoms with E-state index in [-0.39, 0.29) is 6.04 Å². The predicted octanol–water partition coefficient (Wildman–Crippen LogP) is 0.904. The van der Waals surface area contributed by atoms with Crippen LogP contribution in [0, 0.1) is 0 Å². The van der Waals surface area contributed by atoms with Gasteiger partial charge in [0.25, 0.3) is 0 Å². The zero-order valence-corrected chi connectivity index (χ0v) is 13.1. The molecule has 20 heavy (non-hydrogen) atoms. The first-order valence-corrected chi connectivity index (χ1v) is 8.16. The molecule has 0 aliphatic rings. The van der Waals surface area contributed by atoms with E-state index in [9.17, 15) is 8.42 Å². The molecule has 6 nitrogen and oxygen atoms in total. The van der Waals surface area contributed by atoms with E-state index in [1.165, 1.54) is 0 Å². The van der Waals surface area contributed by atoms with Crippen LogP contribution in [0.3, 0.4) is 0 Å². The zero-order chi connectivity index (χ0) is 15.2. The van der Waals surface area contributed by atoms with Crippen molar-refractivity contribution in [1.29, 1.82) is 0 Å². The minimum Gasteiger partial charge on any atom is -0.493 e. The van der Waals surface area contributed by atoms with Crippen LogP contribution in [0.4, 0.5) is 0 Å². The smallest absolute Gasteiger partial charge is 0.208 e. The quantitative estimate of drug-likeness (QED) is 0.698. The topological polar surface area (TPSA) is 76.7 Å². The highest BCUT2D eigenvalue weighted by Crippen LogP contribution is 2.29. The summed E-state index contributed by atoms with van der Waals surface area (Å²) in [6.45, 7) is 2.90. The van der Waals surface area contributed by atoms with Crippen LogP contribution in [0.2, 0.25) is 0 Å². The molecule has 0 spiro atoms. The molecule has 7 heteroatoms. The van der Waals surface area contributed by atoms with Gasteiger partial charge in [0.2, 0.25) is 10.0 Å². The van der Waals surface area contributed by atoms with Crippen LogP contribution in [0.25, 0.3) is 0 Å². The van der Waals surface area contributed by atoms with Gasteiger partial charge >= 0.3 is 0 Å². The van der Waals surface area contributed by atoms with Crippen molar-refractivity contribution < 1.29 is 17.9 Å². The van der Waals surface area contributed by atoms with Crippen molar-refractivity contribution in [3.8, 4) is 11.5 Å². The number of hydrogen-bond acceptors (Lipinski definition) is 5. The lowest BCUT2D eigenvalue weighted by Crippen LogP contribution is -2.32. The Morgan fingerprint density at radius 3 is 2.35 bits per heavy atom. The predicted molar refractivity (Wildman–Crippen MR) is 78.8 cm³/mol. The fourth-order valence-corrected chi connectivity index (χ4v) is 2.24. The largest absolute Gasteiger partial charge is 0.493 e. The molecule has 0 bridgehead atoms. The molecule has 1 unspecified atom stereocenters. The molecule has 1 aromatic carbocycles. The average molecular weight is 302 g/mol. The van der Waals surface area contributed by atoms with E-state index in [0.717, 1.165) is 11.8 Å². The van der Waals surface area contributed by atoms with Gasteiger partial charge in [-0.2, -0.15) is 0 Å². The normalized spacial score (nSPS) is 13.0. The third-order valence-corrected chi connectivity index (χ3v) is 3.58. The maximum Gasteiger partial charge on any atom is 0.208 e. The Hall–Kier alpha value is -1.31. The van der Waals surface area contributed by atoms with Gasteiger partial charge in [-0.15, -0.1) is 0 Å². The molecule has 1 rings (SSSR count). The Kier molecular flexibility index (Phi) is 6.25. The van der Waals surface area contributed by atoms with Crippen molar-refractivity contribution in [2.75, 3.05) is 33.6 Å². The monoisotopic (exact) mass is 302 g/mol. The fraction of sp³-hybridized carbons (Fsp3) is 0.538. The summed E-state index contributed by atoms with van der Waals surface area (Å²) in [5.74, 6) is 1.36. The summed E-state index contributed by atoms with van der Waals surface area (Å²) >= 11 is 0. The van der Waals surface area contributed by atoms with Crippen LogP contribution in [-0.4, -0.2) is 42.0 Å². The summed E-state index contributed by atoms with van der Waals surface area (Å²) in [5, 5.41) is 3.24. The SMILES string of the molecule is COc1ccc(C(C)NCCNS(C)(=O)=O)cc1OC. The van der Waals surface area contributed by atoms with Gasteiger partial charge in [-0.05, 0) is 24.6 Å². The van der Waals surface area contributed by atoms with Crippen LogP contribution in [-0.2, 0) is 10.0 Å². The van der Waals surface area contributed by atoms with E-state index >= 15 is 0 Å². The highest BCUT2D eigenvalue weighted by molar-refractivity contribution is 7.88. The molecular weight excluding hydrogens is 280 g/mol. The van der Waals surface area contributed by atoms with Gasteiger partial charge in [-0.3, -0.25) is 0 Å².